The fourth-order valence-corrected chi connectivity index (χ4v) is 4.72. The van der Waals surface area contributed by atoms with Crippen molar-refractivity contribution in [2.24, 2.45) is 5.92 Å². The third kappa shape index (κ3) is 3.95. The van der Waals surface area contributed by atoms with Crippen LogP contribution in [-0.2, 0) is 11.3 Å². The van der Waals surface area contributed by atoms with Gasteiger partial charge in [-0.2, -0.15) is 0 Å². The van der Waals surface area contributed by atoms with Gasteiger partial charge in [0.05, 0.1) is 18.7 Å². The Balaban J connectivity index is 1.36. The summed E-state index contributed by atoms with van der Waals surface area (Å²) in [4.78, 5) is 22.4. The second-order valence-electron chi connectivity index (χ2n) is 8.29. The molecule has 3 heterocycles. The van der Waals surface area contributed by atoms with Crippen LogP contribution in [0, 0.1) is 5.92 Å². The second kappa shape index (κ2) is 8.54. The van der Waals surface area contributed by atoms with E-state index in [9.17, 15) is 4.79 Å². The molecule has 2 aliphatic heterocycles. The minimum Gasteiger partial charge on any atom is -0.380 e. The van der Waals surface area contributed by atoms with Crippen LogP contribution >= 0.6 is 0 Å². The van der Waals surface area contributed by atoms with Crippen LogP contribution in [0.2, 0.25) is 0 Å². The largest absolute Gasteiger partial charge is 0.380 e. The van der Waals surface area contributed by atoms with Gasteiger partial charge in [0, 0.05) is 43.5 Å². The molecule has 5 rings (SSSR count). The van der Waals surface area contributed by atoms with Gasteiger partial charge in [0.15, 0.2) is 0 Å². The Kier molecular flexibility index (Phi) is 5.47. The van der Waals surface area contributed by atoms with E-state index in [4.69, 9.17) is 4.74 Å². The Morgan fingerprint density at radius 2 is 1.83 bits per heavy atom. The zero-order chi connectivity index (χ0) is 20.3. The molecule has 0 saturated carbocycles. The Bertz CT molecular complexity index is 1020. The van der Waals surface area contributed by atoms with E-state index in [1.165, 1.54) is 5.56 Å². The fourth-order valence-electron chi connectivity index (χ4n) is 4.72. The summed E-state index contributed by atoms with van der Waals surface area (Å²) >= 11 is 0. The number of likely N-dealkylation sites (tertiary alicyclic amines) is 1. The predicted molar refractivity (Wildman–Crippen MR) is 117 cm³/mol. The topological polar surface area (TPSA) is 45.7 Å². The summed E-state index contributed by atoms with van der Waals surface area (Å²) in [5.41, 5.74) is 2.70. The molecule has 0 radical (unpaired) electrons. The van der Waals surface area contributed by atoms with Crippen molar-refractivity contribution >= 4 is 16.8 Å². The Labute approximate surface area is 177 Å². The number of pyridine rings is 1. The van der Waals surface area contributed by atoms with Gasteiger partial charge in [-0.25, -0.2) is 4.98 Å². The van der Waals surface area contributed by atoms with E-state index in [-0.39, 0.29) is 5.91 Å². The molecule has 2 aliphatic rings. The first-order valence-corrected chi connectivity index (χ1v) is 10.8. The van der Waals surface area contributed by atoms with Crippen molar-refractivity contribution in [2.75, 3.05) is 32.8 Å². The maximum atomic E-state index is 13.3. The molecule has 0 spiro atoms. The number of piperidine rings is 1. The molecule has 2 fully saturated rings. The molecule has 5 heteroatoms. The van der Waals surface area contributed by atoms with E-state index < -0.39 is 0 Å². The predicted octanol–water partition coefficient (Wildman–Crippen LogP) is 3.60. The molecule has 30 heavy (non-hydrogen) atoms. The van der Waals surface area contributed by atoms with Gasteiger partial charge in [-0.15, -0.1) is 0 Å². The van der Waals surface area contributed by atoms with E-state index in [2.05, 4.69) is 40.2 Å². The monoisotopic (exact) mass is 401 g/mol. The third-order valence-corrected chi connectivity index (χ3v) is 6.38. The minimum absolute atomic E-state index is 0.0315. The molecule has 2 saturated heterocycles. The summed E-state index contributed by atoms with van der Waals surface area (Å²) in [6, 6.07) is 22.7. The Morgan fingerprint density at radius 1 is 1.00 bits per heavy atom. The Morgan fingerprint density at radius 3 is 2.73 bits per heavy atom. The van der Waals surface area contributed by atoms with Crippen LogP contribution < -0.4 is 0 Å². The van der Waals surface area contributed by atoms with Crippen molar-refractivity contribution in [3.8, 4) is 0 Å². The lowest BCUT2D eigenvalue weighted by atomic mass is 9.90. The first kappa shape index (κ1) is 19.2. The minimum atomic E-state index is 0.0315. The van der Waals surface area contributed by atoms with E-state index in [0.717, 1.165) is 56.7 Å². The molecule has 5 nitrogen and oxygen atoms in total. The highest BCUT2D eigenvalue weighted by Gasteiger charge is 2.37. The molecule has 0 N–H and O–H groups in total. The summed E-state index contributed by atoms with van der Waals surface area (Å²) < 4.78 is 5.90. The highest BCUT2D eigenvalue weighted by atomic mass is 16.5. The van der Waals surface area contributed by atoms with Crippen molar-refractivity contribution in [2.45, 2.75) is 19.0 Å². The van der Waals surface area contributed by atoms with Gasteiger partial charge < -0.3 is 9.64 Å². The molecule has 3 aromatic rings. The number of benzene rings is 2. The lowest BCUT2D eigenvalue weighted by molar-refractivity contribution is 0.0367. The van der Waals surface area contributed by atoms with Crippen LogP contribution in [-0.4, -0.2) is 59.6 Å². The van der Waals surface area contributed by atoms with Gasteiger partial charge >= 0.3 is 0 Å². The van der Waals surface area contributed by atoms with Gasteiger partial charge in [0.2, 0.25) is 0 Å². The van der Waals surface area contributed by atoms with Crippen molar-refractivity contribution < 1.29 is 9.53 Å². The molecular formula is C25H27N3O2. The van der Waals surface area contributed by atoms with Crippen molar-refractivity contribution in [3.63, 3.8) is 0 Å². The van der Waals surface area contributed by atoms with Crippen LogP contribution in [0.15, 0.2) is 66.7 Å². The normalized spacial score (nSPS) is 22.5. The summed E-state index contributed by atoms with van der Waals surface area (Å²) in [5.74, 6) is 0.494. The number of ether oxygens (including phenoxy) is 1. The Hall–Kier alpha value is -2.76. The average Bonchev–Trinajstić information content (AvgIpc) is 3.00. The SMILES string of the molecule is O=C(c1ccc2ccccc2n1)N1CC[C@@H]2COCCN(Cc3ccccc3)[C@@H]2C1. The molecule has 0 unspecified atom stereocenters. The molecule has 0 bridgehead atoms. The van der Waals surface area contributed by atoms with Crippen LogP contribution in [0.1, 0.15) is 22.5 Å². The van der Waals surface area contributed by atoms with Gasteiger partial charge in [0.25, 0.3) is 5.91 Å². The number of amides is 1. The molecule has 2 atom stereocenters. The van der Waals surface area contributed by atoms with Crippen LogP contribution in [0.4, 0.5) is 0 Å². The van der Waals surface area contributed by atoms with Gasteiger partial charge in [-0.3, -0.25) is 9.69 Å². The third-order valence-electron chi connectivity index (χ3n) is 6.38. The first-order valence-electron chi connectivity index (χ1n) is 10.8. The number of hydrogen-bond acceptors (Lipinski definition) is 4. The lowest BCUT2D eigenvalue weighted by Gasteiger charge is -2.42. The van der Waals surface area contributed by atoms with Crippen molar-refractivity contribution in [3.05, 3.63) is 78.0 Å². The highest BCUT2D eigenvalue weighted by molar-refractivity contribution is 5.95. The molecule has 0 aliphatic carbocycles. The number of para-hydroxylation sites is 1. The van der Waals surface area contributed by atoms with Crippen LogP contribution in [0.3, 0.4) is 0 Å². The summed E-state index contributed by atoms with van der Waals surface area (Å²) in [6.45, 7) is 4.81. The average molecular weight is 402 g/mol. The smallest absolute Gasteiger partial charge is 0.272 e. The fraction of sp³-hybridized carbons (Fsp3) is 0.360. The van der Waals surface area contributed by atoms with Crippen LogP contribution in [0.25, 0.3) is 10.9 Å². The number of carbonyl (C=O) groups is 1. The van der Waals surface area contributed by atoms with Crippen LogP contribution in [0.5, 0.6) is 0 Å². The van der Waals surface area contributed by atoms with Crippen molar-refractivity contribution in [1.29, 1.82) is 0 Å². The van der Waals surface area contributed by atoms with Gasteiger partial charge in [0.1, 0.15) is 5.69 Å². The molecule has 2 aromatic carbocycles. The number of carbonyl (C=O) groups excluding carboxylic acids is 1. The number of fused-ring (bicyclic) bond motifs is 2. The number of hydrogen-bond donors (Lipinski definition) is 0. The first-order chi connectivity index (χ1) is 14.8. The standard InChI is InChI=1S/C25H27N3O2/c29-25(23-11-10-20-8-4-5-9-22(20)26-23)28-13-12-21-18-30-15-14-27(24(21)17-28)16-19-6-2-1-3-7-19/h1-11,21,24H,12-18H2/t21-,24-/m1/s1. The molecule has 1 amide bonds. The zero-order valence-corrected chi connectivity index (χ0v) is 17.1. The number of aromatic nitrogens is 1. The molecule has 154 valence electrons. The number of rotatable bonds is 3. The molecular weight excluding hydrogens is 374 g/mol. The quantitative estimate of drug-likeness (QED) is 0.673. The van der Waals surface area contributed by atoms with E-state index in [1.807, 2.05) is 41.3 Å². The van der Waals surface area contributed by atoms with E-state index in [1.54, 1.807) is 0 Å². The summed E-state index contributed by atoms with van der Waals surface area (Å²) in [7, 11) is 0. The van der Waals surface area contributed by atoms with E-state index in [0.29, 0.717) is 17.7 Å². The van der Waals surface area contributed by atoms with Gasteiger partial charge in [-0.05, 0) is 24.1 Å². The number of nitrogens with zero attached hydrogens (tertiary/aromatic N) is 3. The summed E-state index contributed by atoms with van der Waals surface area (Å²) in [5, 5.41) is 1.06. The maximum Gasteiger partial charge on any atom is 0.272 e. The van der Waals surface area contributed by atoms with Crippen molar-refractivity contribution in [1.82, 2.24) is 14.8 Å². The van der Waals surface area contributed by atoms with Gasteiger partial charge in [-0.1, -0.05) is 54.6 Å². The molecule has 1 aromatic heterocycles. The summed E-state index contributed by atoms with van der Waals surface area (Å²) in [6.07, 6.45) is 0.968. The maximum absolute atomic E-state index is 13.3. The second-order valence-corrected chi connectivity index (χ2v) is 8.29. The lowest BCUT2D eigenvalue weighted by Crippen LogP contribution is -2.54. The highest BCUT2D eigenvalue weighted by Crippen LogP contribution is 2.27. The zero-order valence-electron chi connectivity index (χ0n) is 17.1. The van der Waals surface area contributed by atoms with E-state index >= 15 is 0 Å².